The molecule has 0 radical (unpaired) electrons. The molecule has 0 bridgehead atoms. The van der Waals surface area contributed by atoms with Crippen molar-refractivity contribution in [2.75, 3.05) is 30.3 Å². The summed E-state index contributed by atoms with van der Waals surface area (Å²) >= 11 is 0. The number of Topliss-reactive ketones (excluding diaryl/α,β-unsaturated/α-hetero) is 1. The lowest BCUT2D eigenvalue weighted by Gasteiger charge is -2.22. The quantitative estimate of drug-likeness (QED) is 0.521. The molecule has 2 aromatic carbocycles. The van der Waals surface area contributed by atoms with Crippen LogP contribution in [0.1, 0.15) is 17.3 Å². The van der Waals surface area contributed by atoms with Gasteiger partial charge in [0.25, 0.3) is 0 Å². The molecule has 0 saturated heterocycles. The molecule has 0 spiro atoms. The minimum Gasteiger partial charge on any atom is -0.492 e. The van der Waals surface area contributed by atoms with Gasteiger partial charge in [-0.1, -0.05) is 30.3 Å². The first-order valence-electron chi connectivity index (χ1n) is 8.30. The van der Waals surface area contributed by atoms with Crippen molar-refractivity contribution >= 4 is 27.4 Å². The Labute approximate surface area is 159 Å². The average molecular weight is 390 g/mol. The van der Waals surface area contributed by atoms with Crippen molar-refractivity contribution < 1.29 is 22.7 Å². The van der Waals surface area contributed by atoms with Gasteiger partial charge in [-0.05, 0) is 31.2 Å². The summed E-state index contributed by atoms with van der Waals surface area (Å²) in [5, 5.41) is 2.63. The van der Waals surface area contributed by atoms with Gasteiger partial charge < -0.3 is 10.1 Å². The molecule has 0 saturated carbocycles. The highest BCUT2D eigenvalue weighted by atomic mass is 32.2. The summed E-state index contributed by atoms with van der Waals surface area (Å²) in [6.07, 6.45) is 1.01. The average Bonchev–Trinajstić information content (AvgIpc) is 2.63. The highest BCUT2D eigenvalue weighted by Gasteiger charge is 2.21. The molecule has 0 aliphatic rings. The third kappa shape index (κ3) is 6.41. The fourth-order valence-electron chi connectivity index (χ4n) is 2.34. The van der Waals surface area contributed by atoms with Gasteiger partial charge in [0.2, 0.25) is 15.9 Å². The van der Waals surface area contributed by atoms with Gasteiger partial charge in [0, 0.05) is 5.56 Å². The molecule has 0 aromatic heterocycles. The summed E-state index contributed by atoms with van der Waals surface area (Å²) in [6.45, 7) is 1.50. The van der Waals surface area contributed by atoms with Gasteiger partial charge in [-0.25, -0.2) is 8.42 Å². The highest BCUT2D eigenvalue weighted by molar-refractivity contribution is 7.92. The van der Waals surface area contributed by atoms with Gasteiger partial charge in [0.15, 0.2) is 5.78 Å². The van der Waals surface area contributed by atoms with E-state index in [1.165, 1.54) is 13.0 Å². The van der Waals surface area contributed by atoms with Crippen LogP contribution in [0, 0.1) is 0 Å². The molecule has 2 aromatic rings. The third-order valence-electron chi connectivity index (χ3n) is 3.66. The van der Waals surface area contributed by atoms with E-state index in [2.05, 4.69) is 5.32 Å². The zero-order chi connectivity index (χ0) is 19.9. The van der Waals surface area contributed by atoms with Crippen molar-refractivity contribution in [3.8, 4) is 5.75 Å². The lowest BCUT2D eigenvalue weighted by atomic mass is 10.1. The number of nitrogens with one attached hydrogen (secondary N) is 1. The van der Waals surface area contributed by atoms with E-state index in [9.17, 15) is 18.0 Å². The Balaban J connectivity index is 1.96. The lowest BCUT2D eigenvalue weighted by Crippen LogP contribution is -2.41. The molecule has 1 amide bonds. The van der Waals surface area contributed by atoms with Crippen molar-refractivity contribution in [3.63, 3.8) is 0 Å². The summed E-state index contributed by atoms with van der Waals surface area (Å²) in [5.74, 6) is 0.0312. The Kier molecular flexibility index (Phi) is 6.95. The predicted molar refractivity (Wildman–Crippen MR) is 104 cm³/mol. The number of hydrogen-bond donors (Lipinski definition) is 1. The Morgan fingerprint density at radius 1 is 1.07 bits per heavy atom. The Bertz CT molecular complexity index is 897. The number of anilines is 1. The number of para-hydroxylation sites is 1. The monoisotopic (exact) mass is 390 g/mol. The van der Waals surface area contributed by atoms with Crippen LogP contribution < -0.4 is 14.4 Å². The maximum Gasteiger partial charge on any atom is 0.240 e. The van der Waals surface area contributed by atoms with Gasteiger partial charge in [-0.2, -0.15) is 0 Å². The molecule has 0 heterocycles. The molecular formula is C19H22N2O5S. The summed E-state index contributed by atoms with van der Waals surface area (Å²) in [5.41, 5.74) is 0.638. The standard InChI is InChI=1S/C19H22N2O5S/c1-15(22)16-7-6-8-17(13-16)21(27(2,24)25)14-19(23)20-11-12-26-18-9-4-3-5-10-18/h3-10,13H,11-12,14H2,1-2H3,(H,20,23). The molecule has 27 heavy (non-hydrogen) atoms. The molecule has 144 valence electrons. The van der Waals surface area contributed by atoms with Crippen LogP contribution in [0.15, 0.2) is 54.6 Å². The zero-order valence-electron chi connectivity index (χ0n) is 15.2. The van der Waals surface area contributed by atoms with E-state index in [1.807, 2.05) is 18.2 Å². The molecule has 0 unspecified atom stereocenters. The number of sulfonamides is 1. The lowest BCUT2D eigenvalue weighted by molar-refractivity contribution is -0.119. The fourth-order valence-corrected chi connectivity index (χ4v) is 3.19. The summed E-state index contributed by atoms with van der Waals surface area (Å²) < 4.78 is 30.6. The number of carbonyl (C=O) groups excluding carboxylic acids is 2. The predicted octanol–water partition coefficient (Wildman–Crippen LogP) is 1.85. The van der Waals surface area contributed by atoms with Crippen molar-refractivity contribution in [3.05, 3.63) is 60.2 Å². The highest BCUT2D eigenvalue weighted by Crippen LogP contribution is 2.19. The van der Waals surface area contributed by atoms with Crippen molar-refractivity contribution in [2.24, 2.45) is 0 Å². The van der Waals surface area contributed by atoms with Crippen molar-refractivity contribution in [2.45, 2.75) is 6.92 Å². The van der Waals surface area contributed by atoms with Gasteiger partial charge >= 0.3 is 0 Å². The number of benzene rings is 2. The number of carbonyl (C=O) groups is 2. The SMILES string of the molecule is CC(=O)c1cccc(N(CC(=O)NCCOc2ccccc2)S(C)(=O)=O)c1. The van der Waals surface area contributed by atoms with E-state index >= 15 is 0 Å². The van der Waals surface area contributed by atoms with Crippen LogP contribution in [0.25, 0.3) is 0 Å². The summed E-state index contributed by atoms with van der Waals surface area (Å²) in [6, 6.07) is 15.3. The number of ketones is 1. The number of amides is 1. The van der Waals surface area contributed by atoms with Crippen LogP contribution in [0.3, 0.4) is 0 Å². The molecular weight excluding hydrogens is 368 g/mol. The van der Waals surface area contributed by atoms with E-state index in [-0.39, 0.29) is 31.2 Å². The Hall–Kier alpha value is -2.87. The van der Waals surface area contributed by atoms with Crippen LogP contribution in [0.5, 0.6) is 5.75 Å². The minimum absolute atomic E-state index is 0.187. The van der Waals surface area contributed by atoms with E-state index in [1.54, 1.807) is 30.3 Å². The number of rotatable bonds is 9. The second kappa shape index (κ2) is 9.18. The number of ether oxygens (including phenoxy) is 1. The topological polar surface area (TPSA) is 92.8 Å². The minimum atomic E-state index is -3.70. The number of hydrogen-bond acceptors (Lipinski definition) is 5. The van der Waals surface area contributed by atoms with Gasteiger partial charge in [0.05, 0.1) is 18.5 Å². The van der Waals surface area contributed by atoms with Crippen LogP contribution in [0.4, 0.5) is 5.69 Å². The largest absolute Gasteiger partial charge is 0.492 e. The van der Waals surface area contributed by atoms with Gasteiger partial charge in [-0.3, -0.25) is 13.9 Å². The maximum absolute atomic E-state index is 12.2. The van der Waals surface area contributed by atoms with Gasteiger partial charge in [-0.15, -0.1) is 0 Å². The van der Waals surface area contributed by atoms with E-state index < -0.39 is 15.9 Å². The first-order chi connectivity index (χ1) is 12.8. The normalized spacial score (nSPS) is 10.9. The molecule has 1 N–H and O–H groups in total. The summed E-state index contributed by atoms with van der Waals surface area (Å²) in [4.78, 5) is 23.7. The molecule has 0 fully saturated rings. The van der Waals surface area contributed by atoms with E-state index in [0.717, 1.165) is 10.6 Å². The van der Waals surface area contributed by atoms with E-state index in [0.29, 0.717) is 11.3 Å². The third-order valence-corrected chi connectivity index (χ3v) is 4.80. The molecule has 7 nitrogen and oxygen atoms in total. The molecule has 2 rings (SSSR count). The second-order valence-corrected chi connectivity index (χ2v) is 7.79. The second-order valence-electron chi connectivity index (χ2n) is 5.89. The zero-order valence-corrected chi connectivity index (χ0v) is 16.0. The smallest absolute Gasteiger partial charge is 0.240 e. The molecule has 8 heteroatoms. The van der Waals surface area contributed by atoms with Crippen LogP contribution in [-0.2, 0) is 14.8 Å². The van der Waals surface area contributed by atoms with Crippen molar-refractivity contribution in [1.29, 1.82) is 0 Å². The number of nitrogens with zero attached hydrogens (tertiary/aromatic N) is 1. The maximum atomic E-state index is 12.2. The Morgan fingerprint density at radius 2 is 1.78 bits per heavy atom. The first-order valence-corrected chi connectivity index (χ1v) is 10.2. The Morgan fingerprint density at radius 3 is 2.41 bits per heavy atom. The fraction of sp³-hybridized carbons (Fsp3) is 0.263. The van der Waals surface area contributed by atoms with E-state index in [4.69, 9.17) is 4.74 Å². The van der Waals surface area contributed by atoms with Gasteiger partial charge in [0.1, 0.15) is 18.9 Å². The van der Waals surface area contributed by atoms with Crippen LogP contribution in [-0.4, -0.2) is 46.1 Å². The molecule has 0 aliphatic carbocycles. The molecule has 0 atom stereocenters. The van der Waals surface area contributed by atoms with Crippen LogP contribution >= 0.6 is 0 Å². The molecule has 0 aliphatic heterocycles. The van der Waals surface area contributed by atoms with Crippen molar-refractivity contribution in [1.82, 2.24) is 5.32 Å². The summed E-state index contributed by atoms with van der Waals surface area (Å²) in [7, 11) is -3.70. The van der Waals surface area contributed by atoms with Crippen LogP contribution in [0.2, 0.25) is 0 Å². The first kappa shape index (κ1) is 20.4.